The Hall–Kier alpha value is -1.94. The summed E-state index contributed by atoms with van der Waals surface area (Å²) in [5.74, 6) is -0.224. The zero-order valence-corrected chi connectivity index (χ0v) is 11.7. The average molecular weight is 290 g/mol. The Labute approximate surface area is 123 Å². The Morgan fingerprint density at radius 2 is 2.24 bits per heavy atom. The van der Waals surface area contributed by atoms with Crippen molar-refractivity contribution in [1.82, 2.24) is 5.32 Å². The van der Waals surface area contributed by atoms with Gasteiger partial charge in [-0.2, -0.15) is 5.26 Å². The fourth-order valence-electron chi connectivity index (χ4n) is 2.19. The Balaban J connectivity index is 1.93. The zero-order valence-electron chi connectivity index (χ0n) is 11.7. The van der Waals surface area contributed by atoms with Gasteiger partial charge in [0.25, 0.3) is 5.91 Å². The van der Waals surface area contributed by atoms with Gasteiger partial charge < -0.3 is 19.9 Å². The number of carbonyl (C=O) groups excluding carboxylic acids is 1. The van der Waals surface area contributed by atoms with Crippen LogP contribution in [-0.4, -0.2) is 49.6 Å². The molecule has 1 aromatic rings. The van der Waals surface area contributed by atoms with E-state index in [0.717, 1.165) is 0 Å². The summed E-state index contributed by atoms with van der Waals surface area (Å²) in [6.07, 6.45) is 0.681. The molecule has 6 heteroatoms. The lowest BCUT2D eigenvalue weighted by atomic mass is 10.0. The van der Waals surface area contributed by atoms with Crippen LogP contribution >= 0.6 is 0 Å². The molecule has 0 bridgehead atoms. The molecular weight excluding hydrogens is 272 g/mol. The van der Waals surface area contributed by atoms with Gasteiger partial charge in [-0.25, -0.2) is 0 Å². The van der Waals surface area contributed by atoms with Crippen molar-refractivity contribution in [2.45, 2.75) is 12.0 Å². The van der Waals surface area contributed by atoms with Crippen LogP contribution < -0.4 is 5.32 Å². The molecule has 1 aliphatic rings. The molecule has 1 amide bonds. The second-order valence-corrected chi connectivity index (χ2v) is 4.93. The molecule has 21 heavy (non-hydrogen) atoms. The predicted octanol–water partition coefficient (Wildman–Crippen LogP) is 0.456. The van der Waals surface area contributed by atoms with Crippen molar-refractivity contribution in [3.05, 3.63) is 35.4 Å². The highest BCUT2D eigenvalue weighted by Gasteiger charge is 2.36. The van der Waals surface area contributed by atoms with Gasteiger partial charge in [0.05, 0.1) is 31.5 Å². The van der Waals surface area contributed by atoms with Crippen molar-refractivity contribution >= 4 is 5.91 Å². The summed E-state index contributed by atoms with van der Waals surface area (Å²) in [7, 11) is 0. The van der Waals surface area contributed by atoms with E-state index in [0.29, 0.717) is 37.3 Å². The summed E-state index contributed by atoms with van der Waals surface area (Å²) in [6, 6.07) is 8.44. The highest BCUT2D eigenvalue weighted by molar-refractivity contribution is 5.94. The van der Waals surface area contributed by atoms with Crippen LogP contribution in [0.4, 0.5) is 0 Å². The predicted molar refractivity (Wildman–Crippen MR) is 74.7 cm³/mol. The number of nitrogens with zero attached hydrogens (tertiary/aromatic N) is 1. The number of aliphatic hydroxyl groups is 1. The van der Waals surface area contributed by atoms with Gasteiger partial charge in [-0.1, -0.05) is 0 Å². The van der Waals surface area contributed by atoms with Crippen molar-refractivity contribution in [2.75, 3.05) is 33.0 Å². The highest BCUT2D eigenvalue weighted by Crippen LogP contribution is 2.22. The first-order valence-electron chi connectivity index (χ1n) is 6.80. The molecule has 1 saturated heterocycles. The van der Waals surface area contributed by atoms with Crippen molar-refractivity contribution in [2.24, 2.45) is 0 Å². The number of benzene rings is 1. The van der Waals surface area contributed by atoms with Gasteiger partial charge in [0.1, 0.15) is 5.60 Å². The lowest BCUT2D eigenvalue weighted by molar-refractivity contribution is -0.0582. The van der Waals surface area contributed by atoms with Gasteiger partial charge in [0, 0.05) is 25.1 Å². The lowest BCUT2D eigenvalue weighted by Crippen LogP contribution is -2.46. The molecule has 1 atom stereocenters. The number of hydrogen-bond donors (Lipinski definition) is 2. The lowest BCUT2D eigenvalue weighted by Gasteiger charge is -2.27. The van der Waals surface area contributed by atoms with Crippen LogP contribution in [0.5, 0.6) is 0 Å². The zero-order chi connectivity index (χ0) is 15.1. The maximum absolute atomic E-state index is 12.1. The van der Waals surface area contributed by atoms with Crippen LogP contribution in [-0.2, 0) is 9.47 Å². The largest absolute Gasteiger partial charge is 0.394 e. The maximum atomic E-state index is 12.1. The van der Waals surface area contributed by atoms with Crippen molar-refractivity contribution in [3.63, 3.8) is 0 Å². The summed E-state index contributed by atoms with van der Waals surface area (Å²) >= 11 is 0. The second-order valence-electron chi connectivity index (χ2n) is 4.93. The van der Waals surface area contributed by atoms with Crippen molar-refractivity contribution in [3.8, 4) is 6.07 Å². The van der Waals surface area contributed by atoms with Crippen LogP contribution in [0.1, 0.15) is 22.3 Å². The molecule has 0 spiro atoms. The van der Waals surface area contributed by atoms with E-state index in [9.17, 15) is 4.79 Å². The number of nitrogens with one attached hydrogen (secondary N) is 1. The number of nitriles is 1. The minimum absolute atomic E-state index is 0.0642. The molecule has 1 aromatic carbocycles. The Kier molecular flexibility index (Phi) is 5.28. The van der Waals surface area contributed by atoms with Gasteiger partial charge in [-0.05, 0) is 24.3 Å². The fraction of sp³-hybridized carbons (Fsp3) is 0.467. The topological polar surface area (TPSA) is 91.6 Å². The summed E-state index contributed by atoms with van der Waals surface area (Å²) in [5.41, 5.74) is 0.439. The molecular formula is C15H18N2O4. The smallest absolute Gasteiger partial charge is 0.251 e. The third-order valence-electron chi connectivity index (χ3n) is 3.41. The normalized spacial score (nSPS) is 21.0. The van der Waals surface area contributed by atoms with E-state index in [2.05, 4.69) is 5.32 Å². The number of ether oxygens (including phenoxy) is 2. The van der Waals surface area contributed by atoms with Crippen molar-refractivity contribution in [1.29, 1.82) is 5.26 Å². The SMILES string of the molecule is N#Cc1ccc(C(=O)NCC2(OCCO)CCOC2)cc1. The quantitative estimate of drug-likeness (QED) is 0.794. The minimum Gasteiger partial charge on any atom is -0.394 e. The standard InChI is InChI=1S/C15H18N2O4/c16-9-12-1-3-13(4-2-12)14(19)17-10-15(21-8-6-18)5-7-20-11-15/h1-4,18H,5-8,10-11H2,(H,17,19). The molecule has 0 radical (unpaired) electrons. The molecule has 1 heterocycles. The van der Waals surface area contributed by atoms with E-state index in [1.54, 1.807) is 24.3 Å². The van der Waals surface area contributed by atoms with Crippen LogP contribution in [0.15, 0.2) is 24.3 Å². The molecule has 112 valence electrons. The van der Waals surface area contributed by atoms with E-state index < -0.39 is 5.60 Å². The number of amides is 1. The maximum Gasteiger partial charge on any atom is 0.251 e. The summed E-state index contributed by atoms with van der Waals surface area (Å²) in [5, 5.41) is 20.4. The summed E-state index contributed by atoms with van der Waals surface area (Å²) in [6.45, 7) is 1.46. The second kappa shape index (κ2) is 7.18. The third-order valence-corrected chi connectivity index (χ3v) is 3.41. The summed E-state index contributed by atoms with van der Waals surface area (Å²) < 4.78 is 11.0. The Bertz CT molecular complexity index is 515. The highest BCUT2D eigenvalue weighted by atomic mass is 16.6. The number of rotatable bonds is 6. The van der Waals surface area contributed by atoms with E-state index in [1.807, 2.05) is 6.07 Å². The van der Waals surface area contributed by atoms with Gasteiger partial charge in [0.2, 0.25) is 0 Å². The van der Waals surface area contributed by atoms with E-state index in [4.69, 9.17) is 19.8 Å². The molecule has 1 fully saturated rings. The van der Waals surface area contributed by atoms with Gasteiger partial charge >= 0.3 is 0 Å². The van der Waals surface area contributed by atoms with Gasteiger partial charge in [0.15, 0.2) is 0 Å². The number of carbonyl (C=O) groups is 1. The molecule has 0 aromatic heterocycles. The Morgan fingerprint density at radius 3 is 2.81 bits per heavy atom. The van der Waals surface area contributed by atoms with Crippen LogP contribution in [0.3, 0.4) is 0 Å². The third kappa shape index (κ3) is 4.02. The van der Waals surface area contributed by atoms with E-state index in [1.165, 1.54) is 0 Å². The molecule has 1 aliphatic heterocycles. The average Bonchev–Trinajstić information content (AvgIpc) is 3.00. The van der Waals surface area contributed by atoms with E-state index in [-0.39, 0.29) is 19.1 Å². The molecule has 1 unspecified atom stereocenters. The summed E-state index contributed by atoms with van der Waals surface area (Å²) in [4.78, 5) is 12.1. The minimum atomic E-state index is -0.564. The van der Waals surface area contributed by atoms with Crippen molar-refractivity contribution < 1.29 is 19.4 Å². The first-order chi connectivity index (χ1) is 10.2. The van der Waals surface area contributed by atoms with Crippen LogP contribution in [0.2, 0.25) is 0 Å². The van der Waals surface area contributed by atoms with E-state index >= 15 is 0 Å². The fourth-order valence-corrected chi connectivity index (χ4v) is 2.19. The molecule has 6 nitrogen and oxygen atoms in total. The molecule has 0 saturated carbocycles. The molecule has 2 N–H and O–H groups in total. The van der Waals surface area contributed by atoms with Gasteiger partial charge in [-0.15, -0.1) is 0 Å². The molecule has 2 rings (SSSR count). The first kappa shape index (κ1) is 15.4. The van der Waals surface area contributed by atoms with Crippen LogP contribution in [0, 0.1) is 11.3 Å². The first-order valence-corrected chi connectivity index (χ1v) is 6.80. The molecule has 0 aliphatic carbocycles. The monoisotopic (exact) mass is 290 g/mol. The van der Waals surface area contributed by atoms with Gasteiger partial charge in [-0.3, -0.25) is 4.79 Å². The Morgan fingerprint density at radius 1 is 1.48 bits per heavy atom. The number of aliphatic hydroxyl groups excluding tert-OH is 1. The number of hydrogen-bond acceptors (Lipinski definition) is 5. The van der Waals surface area contributed by atoms with Crippen LogP contribution in [0.25, 0.3) is 0 Å².